The lowest BCUT2D eigenvalue weighted by molar-refractivity contribution is -0.137. The van der Waals surface area contributed by atoms with Crippen LogP contribution in [0.3, 0.4) is 0 Å². The van der Waals surface area contributed by atoms with Crippen LogP contribution < -0.4 is 4.90 Å². The molecule has 3 aromatic carbocycles. The number of alkyl halides is 3. The van der Waals surface area contributed by atoms with Crippen molar-refractivity contribution in [3.8, 4) is 0 Å². The van der Waals surface area contributed by atoms with Gasteiger partial charge in [-0.2, -0.15) is 13.2 Å². The predicted molar refractivity (Wildman–Crippen MR) is 132 cm³/mol. The number of hydrogen-bond donors (Lipinski definition) is 0. The zero-order valence-electron chi connectivity index (χ0n) is 19.9. The summed E-state index contributed by atoms with van der Waals surface area (Å²) >= 11 is 0. The molecule has 0 aromatic heterocycles. The van der Waals surface area contributed by atoms with Gasteiger partial charge in [-0.1, -0.05) is 56.3 Å². The quantitative estimate of drug-likeness (QED) is 0.382. The van der Waals surface area contributed by atoms with E-state index in [1.807, 2.05) is 19.9 Å². The van der Waals surface area contributed by atoms with Crippen LogP contribution in [0.5, 0.6) is 0 Å². The molecule has 1 aliphatic carbocycles. The molecule has 1 fully saturated rings. The Balaban J connectivity index is 1.74. The summed E-state index contributed by atoms with van der Waals surface area (Å²) in [4.78, 5) is 34.1. The van der Waals surface area contributed by atoms with Gasteiger partial charge in [-0.3, -0.25) is 19.5 Å². The van der Waals surface area contributed by atoms with Crippen LogP contribution in [-0.4, -0.2) is 17.4 Å². The highest BCUT2D eigenvalue weighted by atomic mass is 19.4. The SMILES string of the molecule is CC1(C)CC(=O)[C@H]2C(=Nc3ccccc3N(C(=O)c3ccccc3)[C@@H]2c2ccc(C(F)(F)F)cc2)C1. The smallest absolute Gasteiger partial charge is 0.299 e. The Morgan fingerprint density at radius 2 is 1.56 bits per heavy atom. The minimum absolute atomic E-state index is 0.0754. The summed E-state index contributed by atoms with van der Waals surface area (Å²) in [5.74, 6) is -1.19. The molecule has 184 valence electrons. The molecule has 0 bridgehead atoms. The van der Waals surface area contributed by atoms with Crippen LogP contribution in [0.25, 0.3) is 0 Å². The fraction of sp³-hybridized carbons (Fsp3) is 0.276. The minimum atomic E-state index is -4.49. The van der Waals surface area contributed by atoms with Crippen molar-refractivity contribution in [2.24, 2.45) is 16.3 Å². The van der Waals surface area contributed by atoms with Gasteiger partial charge in [0.15, 0.2) is 0 Å². The molecule has 1 heterocycles. The molecule has 2 atom stereocenters. The number of anilines is 1. The molecule has 0 saturated heterocycles. The fourth-order valence-corrected chi connectivity index (χ4v) is 5.28. The van der Waals surface area contributed by atoms with Crippen molar-refractivity contribution in [3.05, 3.63) is 95.6 Å². The van der Waals surface area contributed by atoms with Gasteiger partial charge in [-0.25, -0.2) is 0 Å². The van der Waals surface area contributed by atoms with E-state index in [2.05, 4.69) is 0 Å². The zero-order valence-corrected chi connectivity index (χ0v) is 19.9. The van der Waals surface area contributed by atoms with Gasteiger partial charge in [0.2, 0.25) is 0 Å². The Morgan fingerprint density at radius 3 is 2.22 bits per heavy atom. The van der Waals surface area contributed by atoms with Crippen molar-refractivity contribution in [1.82, 2.24) is 0 Å². The maximum atomic E-state index is 14.0. The molecule has 4 nitrogen and oxygen atoms in total. The number of Topliss-reactive ketones (excluding diaryl/α,β-unsaturated/α-hetero) is 1. The van der Waals surface area contributed by atoms with Crippen molar-refractivity contribution in [2.45, 2.75) is 38.9 Å². The van der Waals surface area contributed by atoms with Crippen LogP contribution in [0, 0.1) is 11.3 Å². The molecule has 7 heteroatoms. The number of ketones is 1. The Kier molecular flexibility index (Phi) is 5.81. The van der Waals surface area contributed by atoms with E-state index in [1.54, 1.807) is 53.4 Å². The average Bonchev–Trinajstić information content (AvgIpc) is 2.97. The van der Waals surface area contributed by atoms with Crippen LogP contribution in [0.4, 0.5) is 24.5 Å². The largest absolute Gasteiger partial charge is 0.416 e. The molecule has 0 N–H and O–H groups in total. The average molecular weight is 491 g/mol. The molecule has 1 aliphatic heterocycles. The molecule has 0 unspecified atom stereocenters. The molecule has 5 rings (SSSR count). The van der Waals surface area contributed by atoms with Crippen molar-refractivity contribution in [1.29, 1.82) is 0 Å². The zero-order chi connectivity index (χ0) is 25.7. The Hall–Kier alpha value is -3.74. The van der Waals surface area contributed by atoms with Gasteiger partial charge in [-0.15, -0.1) is 0 Å². The Labute approximate surface area is 207 Å². The van der Waals surface area contributed by atoms with Crippen LogP contribution in [0.1, 0.15) is 54.2 Å². The lowest BCUT2D eigenvalue weighted by Crippen LogP contribution is -2.47. The number of halogens is 3. The molecule has 0 radical (unpaired) electrons. The van der Waals surface area contributed by atoms with E-state index in [0.29, 0.717) is 34.6 Å². The third-order valence-corrected chi connectivity index (χ3v) is 6.84. The summed E-state index contributed by atoms with van der Waals surface area (Å²) < 4.78 is 40.0. The number of amides is 1. The van der Waals surface area contributed by atoms with Crippen LogP contribution >= 0.6 is 0 Å². The summed E-state index contributed by atoms with van der Waals surface area (Å²) in [5, 5.41) is 0. The summed E-state index contributed by atoms with van der Waals surface area (Å²) in [6, 6.07) is 19.8. The van der Waals surface area contributed by atoms with Gasteiger partial charge < -0.3 is 0 Å². The first-order chi connectivity index (χ1) is 17.0. The number of benzene rings is 3. The van der Waals surface area contributed by atoms with Gasteiger partial charge in [0.05, 0.1) is 28.9 Å². The number of para-hydroxylation sites is 2. The summed E-state index contributed by atoms with van der Waals surface area (Å²) in [6.07, 6.45) is -3.66. The van der Waals surface area contributed by atoms with Crippen molar-refractivity contribution >= 4 is 28.8 Å². The topological polar surface area (TPSA) is 49.7 Å². The van der Waals surface area contributed by atoms with Gasteiger partial charge in [0, 0.05) is 17.7 Å². The van der Waals surface area contributed by atoms with E-state index >= 15 is 0 Å². The molecule has 1 amide bonds. The van der Waals surface area contributed by atoms with E-state index in [-0.39, 0.29) is 23.5 Å². The van der Waals surface area contributed by atoms with Crippen molar-refractivity contribution in [2.75, 3.05) is 4.90 Å². The molecule has 2 aliphatic rings. The number of aliphatic imine (C=N–C) groups is 1. The second-order valence-corrected chi connectivity index (χ2v) is 10.2. The third kappa shape index (κ3) is 4.34. The molecule has 1 saturated carbocycles. The summed E-state index contributed by atoms with van der Waals surface area (Å²) in [6.45, 7) is 4.00. The Bertz CT molecular complexity index is 1340. The van der Waals surface area contributed by atoms with E-state index in [1.165, 1.54) is 12.1 Å². The molecule has 36 heavy (non-hydrogen) atoms. The molecular formula is C29H25F3N2O2. The number of fused-ring (bicyclic) bond motifs is 2. The number of rotatable bonds is 2. The van der Waals surface area contributed by atoms with E-state index in [4.69, 9.17) is 4.99 Å². The number of hydrogen-bond acceptors (Lipinski definition) is 3. The minimum Gasteiger partial charge on any atom is -0.299 e. The van der Waals surface area contributed by atoms with Crippen LogP contribution in [0.15, 0.2) is 83.9 Å². The van der Waals surface area contributed by atoms with E-state index in [9.17, 15) is 22.8 Å². The third-order valence-electron chi connectivity index (χ3n) is 6.84. The lowest BCUT2D eigenvalue weighted by Gasteiger charge is -2.41. The molecule has 0 spiro atoms. The second-order valence-electron chi connectivity index (χ2n) is 10.2. The molecule has 3 aromatic rings. The van der Waals surface area contributed by atoms with Crippen molar-refractivity contribution < 1.29 is 22.8 Å². The maximum Gasteiger partial charge on any atom is 0.416 e. The lowest BCUT2D eigenvalue weighted by atomic mass is 9.68. The van der Waals surface area contributed by atoms with Gasteiger partial charge in [0.25, 0.3) is 5.91 Å². The first-order valence-corrected chi connectivity index (χ1v) is 11.8. The van der Waals surface area contributed by atoms with Gasteiger partial charge in [-0.05, 0) is 53.8 Å². The van der Waals surface area contributed by atoms with Gasteiger partial charge >= 0.3 is 6.18 Å². The number of nitrogens with zero attached hydrogens (tertiary/aromatic N) is 2. The van der Waals surface area contributed by atoms with E-state index in [0.717, 1.165) is 12.1 Å². The summed E-state index contributed by atoms with van der Waals surface area (Å²) in [5.41, 5.74) is 1.49. The first kappa shape index (κ1) is 24.0. The van der Waals surface area contributed by atoms with Crippen LogP contribution in [-0.2, 0) is 11.0 Å². The monoisotopic (exact) mass is 490 g/mol. The molecular weight excluding hydrogens is 465 g/mol. The first-order valence-electron chi connectivity index (χ1n) is 11.8. The van der Waals surface area contributed by atoms with Crippen molar-refractivity contribution in [3.63, 3.8) is 0 Å². The maximum absolute atomic E-state index is 14.0. The highest BCUT2D eigenvalue weighted by Gasteiger charge is 2.48. The van der Waals surface area contributed by atoms with E-state index < -0.39 is 23.7 Å². The fourth-order valence-electron chi connectivity index (χ4n) is 5.28. The normalized spacial score (nSPS) is 21.2. The predicted octanol–water partition coefficient (Wildman–Crippen LogP) is 7.18. The van der Waals surface area contributed by atoms with Gasteiger partial charge in [0.1, 0.15) is 5.78 Å². The second kappa shape index (κ2) is 8.73. The number of carbonyl (C=O) groups excluding carboxylic acids is 2. The standard InChI is InChI=1S/C29H25F3N2O2/c1-28(2)16-22-25(24(35)17-28)26(18-12-14-20(15-13-18)29(30,31)32)34(23-11-7-6-10-21(23)33-22)27(36)19-8-4-3-5-9-19/h3-15,25-26H,16-17H2,1-2H3/t25-,26-/m1/s1. The highest BCUT2D eigenvalue weighted by molar-refractivity contribution is 6.15. The summed E-state index contributed by atoms with van der Waals surface area (Å²) in [7, 11) is 0. The highest BCUT2D eigenvalue weighted by Crippen LogP contribution is 2.48. The Morgan fingerprint density at radius 1 is 0.917 bits per heavy atom. The van der Waals surface area contributed by atoms with Crippen LogP contribution in [0.2, 0.25) is 0 Å². The number of carbonyl (C=O) groups is 2.